The zero-order chi connectivity index (χ0) is 22.6. The van der Waals surface area contributed by atoms with Crippen LogP contribution in [0.4, 0.5) is 5.69 Å². The number of carbonyl (C=O) groups is 2. The molecule has 0 unspecified atom stereocenters. The fraction of sp³-hybridized carbons (Fsp3) is 0.583. The Bertz CT molecular complexity index is 1030. The molecule has 2 aliphatic rings. The molecule has 2 heterocycles. The lowest BCUT2D eigenvalue weighted by Gasteiger charge is -2.40. The number of nitrogens with zero attached hydrogens (tertiary/aromatic N) is 1. The minimum atomic E-state index is -0.535. The van der Waals surface area contributed by atoms with Crippen LogP contribution in [0, 0.1) is 10.8 Å². The molecule has 0 spiro atoms. The van der Waals surface area contributed by atoms with E-state index in [0.29, 0.717) is 28.4 Å². The lowest BCUT2D eigenvalue weighted by atomic mass is 9.65. The molecule has 4 rings (SSSR count). The van der Waals surface area contributed by atoms with Gasteiger partial charge in [-0.3, -0.25) is 9.69 Å². The summed E-state index contributed by atoms with van der Waals surface area (Å²) < 4.78 is 10.4. The fourth-order valence-electron chi connectivity index (χ4n) is 6.10. The van der Waals surface area contributed by atoms with E-state index >= 15 is 0 Å². The molecule has 2 bridgehead atoms. The lowest BCUT2D eigenvalue weighted by molar-refractivity contribution is -0.121. The molecular weight excluding hydrogens is 394 g/mol. The molecule has 7 nitrogen and oxygen atoms in total. The maximum absolute atomic E-state index is 13.4. The molecule has 1 aliphatic carbocycles. The minimum Gasteiger partial charge on any atom is -0.496 e. The monoisotopic (exact) mass is 427 g/mol. The van der Waals surface area contributed by atoms with Crippen molar-refractivity contribution in [2.24, 2.45) is 10.8 Å². The molecule has 1 aromatic heterocycles. The Labute approximate surface area is 183 Å². The van der Waals surface area contributed by atoms with Gasteiger partial charge in [0.1, 0.15) is 11.4 Å². The van der Waals surface area contributed by atoms with E-state index in [2.05, 4.69) is 36.0 Å². The van der Waals surface area contributed by atoms with E-state index in [1.165, 1.54) is 13.5 Å². The first-order valence-electron chi connectivity index (χ1n) is 10.9. The highest BCUT2D eigenvalue weighted by Gasteiger charge is 2.51. The van der Waals surface area contributed by atoms with Crippen molar-refractivity contribution in [2.45, 2.75) is 59.0 Å². The van der Waals surface area contributed by atoms with Gasteiger partial charge in [-0.25, -0.2) is 4.79 Å². The number of hydrogen-bond acceptors (Lipinski definition) is 5. The topological polar surface area (TPSA) is 83.7 Å². The summed E-state index contributed by atoms with van der Waals surface area (Å²) in [6.07, 6.45) is 3.39. The molecule has 1 aromatic carbocycles. The van der Waals surface area contributed by atoms with Gasteiger partial charge in [-0.2, -0.15) is 0 Å². The van der Waals surface area contributed by atoms with E-state index in [1.54, 1.807) is 7.11 Å². The van der Waals surface area contributed by atoms with Crippen molar-refractivity contribution in [3.05, 3.63) is 23.9 Å². The van der Waals surface area contributed by atoms with E-state index in [-0.39, 0.29) is 28.5 Å². The third-order valence-corrected chi connectivity index (χ3v) is 6.98. The van der Waals surface area contributed by atoms with Gasteiger partial charge in [0, 0.05) is 12.6 Å². The van der Waals surface area contributed by atoms with Crippen LogP contribution in [0.3, 0.4) is 0 Å². The van der Waals surface area contributed by atoms with E-state index < -0.39 is 5.97 Å². The summed E-state index contributed by atoms with van der Waals surface area (Å²) in [6.45, 7) is 9.86. The molecule has 1 aliphatic heterocycles. The van der Waals surface area contributed by atoms with E-state index in [1.807, 2.05) is 25.1 Å². The van der Waals surface area contributed by atoms with Crippen LogP contribution < -0.4 is 10.1 Å². The van der Waals surface area contributed by atoms with Crippen molar-refractivity contribution < 1.29 is 19.1 Å². The largest absolute Gasteiger partial charge is 0.496 e. The standard InChI is InChI=1S/C24H33N3O4/c1-14(27-13-24(4)11-15(27)10-23(2,3)12-24)21(28)26-19-18-16(8-7-9-17(18)30-5)25-20(19)22(29)31-6/h7-9,14-15,25H,10-13H2,1-6H3,(H,26,28)/t14-,15-,24+/m0/s1. The lowest BCUT2D eigenvalue weighted by Crippen LogP contribution is -2.45. The zero-order valence-corrected chi connectivity index (χ0v) is 19.3. The summed E-state index contributed by atoms with van der Waals surface area (Å²) in [5, 5.41) is 3.69. The first kappa shape index (κ1) is 21.7. The number of methoxy groups -OCH3 is 2. The van der Waals surface area contributed by atoms with Crippen molar-refractivity contribution in [3.8, 4) is 5.75 Å². The van der Waals surface area contributed by atoms with Crippen LogP contribution in [0.5, 0.6) is 5.75 Å². The average Bonchev–Trinajstić information content (AvgIpc) is 3.19. The Balaban J connectivity index is 1.65. The summed E-state index contributed by atoms with van der Waals surface area (Å²) >= 11 is 0. The molecule has 3 atom stereocenters. The van der Waals surface area contributed by atoms with Gasteiger partial charge in [-0.05, 0) is 49.1 Å². The van der Waals surface area contributed by atoms with Crippen molar-refractivity contribution in [3.63, 3.8) is 0 Å². The van der Waals surface area contributed by atoms with E-state index in [4.69, 9.17) is 9.47 Å². The number of aromatic amines is 1. The number of hydrogen-bond donors (Lipinski definition) is 2. The van der Waals surface area contributed by atoms with Gasteiger partial charge in [0.05, 0.1) is 36.9 Å². The van der Waals surface area contributed by atoms with Crippen LogP contribution in [0.15, 0.2) is 18.2 Å². The third-order valence-electron chi connectivity index (χ3n) is 6.98. The highest BCUT2D eigenvalue weighted by molar-refractivity contribution is 6.13. The van der Waals surface area contributed by atoms with Crippen molar-refractivity contribution >= 4 is 28.5 Å². The number of amides is 1. The number of rotatable bonds is 5. The van der Waals surface area contributed by atoms with Gasteiger partial charge < -0.3 is 19.8 Å². The number of benzene rings is 1. The highest BCUT2D eigenvalue weighted by Crippen LogP contribution is 2.53. The number of carbonyl (C=O) groups excluding carboxylic acids is 2. The Morgan fingerprint density at radius 2 is 1.97 bits per heavy atom. The van der Waals surface area contributed by atoms with Crippen LogP contribution in [0.1, 0.15) is 57.4 Å². The smallest absolute Gasteiger partial charge is 0.356 e. The Morgan fingerprint density at radius 1 is 1.23 bits per heavy atom. The van der Waals surface area contributed by atoms with Crippen molar-refractivity contribution in [2.75, 3.05) is 26.1 Å². The number of H-pyrrole nitrogens is 1. The van der Waals surface area contributed by atoms with Crippen LogP contribution in [-0.4, -0.2) is 54.6 Å². The number of fused-ring (bicyclic) bond motifs is 3. The summed E-state index contributed by atoms with van der Waals surface area (Å²) in [5.41, 5.74) is 1.85. The van der Waals surface area contributed by atoms with E-state index in [9.17, 15) is 9.59 Å². The van der Waals surface area contributed by atoms with Gasteiger partial charge in [-0.15, -0.1) is 0 Å². The number of aromatic nitrogens is 1. The zero-order valence-electron chi connectivity index (χ0n) is 19.3. The van der Waals surface area contributed by atoms with Crippen molar-refractivity contribution in [1.29, 1.82) is 0 Å². The first-order chi connectivity index (χ1) is 14.6. The molecule has 1 amide bonds. The normalized spacial score (nSPS) is 25.9. The quantitative estimate of drug-likeness (QED) is 0.699. The molecule has 1 saturated carbocycles. The molecular formula is C24H33N3O4. The summed E-state index contributed by atoms with van der Waals surface area (Å²) in [5.74, 6) is -0.0865. The van der Waals surface area contributed by atoms with Gasteiger partial charge in [0.15, 0.2) is 0 Å². The molecule has 2 fully saturated rings. The molecule has 7 heteroatoms. The van der Waals surface area contributed by atoms with E-state index in [0.717, 1.165) is 19.4 Å². The number of ether oxygens (including phenoxy) is 2. The third kappa shape index (κ3) is 3.80. The highest BCUT2D eigenvalue weighted by atomic mass is 16.5. The van der Waals surface area contributed by atoms with Crippen LogP contribution in [-0.2, 0) is 9.53 Å². The molecule has 31 heavy (non-hydrogen) atoms. The first-order valence-corrected chi connectivity index (χ1v) is 10.9. The molecule has 2 N–H and O–H groups in total. The Morgan fingerprint density at radius 3 is 2.65 bits per heavy atom. The maximum Gasteiger partial charge on any atom is 0.356 e. The number of esters is 1. The van der Waals surface area contributed by atoms with Crippen LogP contribution in [0.2, 0.25) is 0 Å². The Hall–Kier alpha value is -2.54. The van der Waals surface area contributed by atoms with Crippen LogP contribution in [0.25, 0.3) is 10.9 Å². The second kappa shape index (κ2) is 7.55. The molecule has 2 aromatic rings. The maximum atomic E-state index is 13.4. The van der Waals surface area contributed by atoms with Crippen LogP contribution >= 0.6 is 0 Å². The van der Waals surface area contributed by atoms with Gasteiger partial charge in [0.25, 0.3) is 0 Å². The van der Waals surface area contributed by atoms with Crippen molar-refractivity contribution in [1.82, 2.24) is 9.88 Å². The summed E-state index contributed by atoms with van der Waals surface area (Å²) in [6, 6.07) is 5.57. The minimum absolute atomic E-state index is 0.133. The molecule has 0 radical (unpaired) electrons. The summed E-state index contributed by atoms with van der Waals surface area (Å²) in [4.78, 5) is 31.2. The number of nitrogens with one attached hydrogen (secondary N) is 2. The average molecular weight is 428 g/mol. The molecule has 1 saturated heterocycles. The predicted molar refractivity (Wildman–Crippen MR) is 121 cm³/mol. The van der Waals surface area contributed by atoms with Gasteiger partial charge in [-0.1, -0.05) is 26.8 Å². The number of likely N-dealkylation sites (tertiary alicyclic amines) is 1. The fourth-order valence-corrected chi connectivity index (χ4v) is 6.10. The predicted octanol–water partition coefficient (Wildman–Crippen LogP) is 4.19. The number of anilines is 1. The second-order valence-electron chi connectivity index (χ2n) is 10.3. The Kier molecular flexibility index (Phi) is 5.28. The second-order valence-corrected chi connectivity index (χ2v) is 10.3. The molecule has 168 valence electrons. The van der Waals surface area contributed by atoms with Gasteiger partial charge in [0.2, 0.25) is 5.91 Å². The SMILES string of the molecule is COC(=O)c1[nH]c2cccc(OC)c2c1NC(=O)[C@H](C)N1C[C@]2(C)C[C@@H]1CC(C)(C)C2. The summed E-state index contributed by atoms with van der Waals surface area (Å²) in [7, 11) is 2.90. The van der Waals surface area contributed by atoms with Gasteiger partial charge >= 0.3 is 5.97 Å².